The molecule has 35 heavy (non-hydrogen) atoms. The summed E-state index contributed by atoms with van der Waals surface area (Å²) in [6, 6.07) is 0. The average molecular weight is 518 g/mol. The lowest BCUT2D eigenvalue weighted by molar-refractivity contribution is -0.106. The number of aldehydes is 1. The van der Waals surface area contributed by atoms with Crippen LogP contribution in [-0.2, 0) is 20.7 Å². The Morgan fingerprint density at radius 1 is 0.971 bits per heavy atom. The summed E-state index contributed by atoms with van der Waals surface area (Å²) >= 11 is 1.52. The Labute approximate surface area is 222 Å². The van der Waals surface area contributed by atoms with Gasteiger partial charge in [-0.2, -0.15) is 0 Å². The molecule has 1 aromatic heterocycles. The fourth-order valence-electron chi connectivity index (χ4n) is 2.60. The van der Waals surface area contributed by atoms with Crippen molar-refractivity contribution in [1.82, 2.24) is 4.98 Å². The maximum absolute atomic E-state index is 11.2. The van der Waals surface area contributed by atoms with Gasteiger partial charge in [0.15, 0.2) is 5.69 Å². The third kappa shape index (κ3) is 35.0. The van der Waals surface area contributed by atoms with Gasteiger partial charge in [0, 0.05) is 12.5 Å². The van der Waals surface area contributed by atoms with Crippen molar-refractivity contribution in [1.29, 1.82) is 0 Å². The number of aromatic nitrogens is 1. The summed E-state index contributed by atoms with van der Waals surface area (Å²) < 4.78 is 9.76. The molecule has 1 rings (SSSR count). The van der Waals surface area contributed by atoms with Crippen molar-refractivity contribution < 1.29 is 19.1 Å². The zero-order valence-electron chi connectivity index (χ0n) is 25.3. The lowest BCUT2D eigenvalue weighted by Gasteiger charge is -2.14. The van der Waals surface area contributed by atoms with E-state index < -0.39 is 0 Å². The highest BCUT2D eigenvalue weighted by Gasteiger charge is 2.10. The van der Waals surface area contributed by atoms with Crippen LogP contribution in [0.3, 0.4) is 0 Å². The van der Waals surface area contributed by atoms with E-state index >= 15 is 0 Å². The predicted octanol–water partition coefficient (Wildman–Crippen LogP) is 9.33. The predicted molar refractivity (Wildman–Crippen MR) is 155 cm³/mol. The lowest BCUT2D eigenvalue weighted by Crippen LogP contribution is -2.15. The van der Waals surface area contributed by atoms with Crippen LogP contribution in [0.4, 0.5) is 0 Å². The standard InChI is InChI=1S/C10H22.C9H13NO2S.C5H12O.C3H8.C2H4O/c1-4-7-10(8-5-2)9-6-3;1-3-5-8-10-7(6-13-8)9(11)12-4-2;1-5(2,3)6-4;1-3-2;1-2-3/h10H,4-9H2,1-3H3;6H,3-5H2,1-2H3;1-4H3;3H2,1-2H3;2H,1H3. The number of nitrogens with zero attached hydrogens (tertiary/aromatic N) is 1. The van der Waals surface area contributed by atoms with Crippen molar-refractivity contribution in [2.24, 2.45) is 5.92 Å². The normalized spacial score (nSPS) is 9.74. The second-order valence-electron chi connectivity index (χ2n) is 9.09. The first-order valence-electron chi connectivity index (χ1n) is 13.6. The summed E-state index contributed by atoms with van der Waals surface area (Å²) in [6.45, 7) is 22.9. The number of hydrogen-bond donors (Lipinski definition) is 0. The van der Waals surface area contributed by atoms with Crippen LogP contribution in [0.5, 0.6) is 0 Å². The van der Waals surface area contributed by atoms with E-state index in [0.29, 0.717) is 12.3 Å². The second kappa shape index (κ2) is 30.8. The minimum atomic E-state index is -0.318. The van der Waals surface area contributed by atoms with Gasteiger partial charge in [-0.05, 0) is 53.4 Å². The first-order chi connectivity index (χ1) is 16.5. The number of ether oxygens (including phenoxy) is 2. The van der Waals surface area contributed by atoms with Gasteiger partial charge in [-0.15, -0.1) is 11.3 Å². The maximum atomic E-state index is 11.2. The molecule has 6 heteroatoms. The van der Waals surface area contributed by atoms with Crippen molar-refractivity contribution in [3.8, 4) is 0 Å². The van der Waals surface area contributed by atoms with Crippen LogP contribution in [0, 0.1) is 5.92 Å². The number of carbonyl (C=O) groups excluding carboxylic acids is 2. The summed E-state index contributed by atoms with van der Waals surface area (Å²) in [4.78, 5) is 24.2. The number of rotatable bonds is 10. The molecule has 0 amide bonds. The zero-order valence-corrected chi connectivity index (χ0v) is 26.1. The SMILES string of the molecule is CC=O.CCC.CCCC(CCC)CCC.CCCc1nc(C(=O)OCC)cs1.COC(C)(C)C. The molecule has 210 valence electrons. The van der Waals surface area contributed by atoms with E-state index in [9.17, 15) is 4.79 Å². The van der Waals surface area contributed by atoms with Gasteiger partial charge in [0.1, 0.15) is 6.29 Å². The number of methoxy groups -OCH3 is 1. The van der Waals surface area contributed by atoms with Gasteiger partial charge >= 0.3 is 5.97 Å². The molecule has 5 nitrogen and oxygen atoms in total. The van der Waals surface area contributed by atoms with Gasteiger partial charge in [-0.3, -0.25) is 0 Å². The van der Waals surface area contributed by atoms with Gasteiger partial charge in [0.05, 0.1) is 17.2 Å². The summed E-state index contributed by atoms with van der Waals surface area (Å²) in [5, 5.41) is 2.76. The minimum absolute atomic E-state index is 0.0417. The number of esters is 1. The Balaban J connectivity index is -0.000000193. The van der Waals surface area contributed by atoms with E-state index in [1.807, 2.05) is 20.8 Å². The molecular formula is C29H59NO4S. The molecular weight excluding hydrogens is 458 g/mol. The van der Waals surface area contributed by atoms with Crippen LogP contribution in [0.2, 0.25) is 0 Å². The van der Waals surface area contributed by atoms with E-state index in [1.54, 1.807) is 19.4 Å². The highest BCUT2D eigenvalue weighted by atomic mass is 32.1. The van der Waals surface area contributed by atoms with Gasteiger partial charge in [0.25, 0.3) is 0 Å². The third-order valence-corrected chi connectivity index (χ3v) is 5.11. The Morgan fingerprint density at radius 3 is 1.66 bits per heavy atom. The fraction of sp³-hybridized carbons (Fsp3) is 0.828. The van der Waals surface area contributed by atoms with Crippen molar-refractivity contribution in [2.45, 2.75) is 140 Å². The Bertz CT molecular complexity index is 539. The first-order valence-corrected chi connectivity index (χ1v) is 14.5. The van der Waals surface area contributed by atoms with Crippen LogP contribution < -0.4 is 0 Å². The first kappa shape index (κ1) is 40.9. The van der Waals surface area contributed by atoms with Gasteiger partial charge in [-0.25, -0.2) is 9.78 Å². The molecule has 0 N–H and O–H groups in total. The molecule has 0 saturated heterocycles. The number of hydrogen-bond acceptors (Lipinski definition) is 6. The second-order valence-corrected chi connectivity index (χ2v) is 10.0. The van der Waals surface area contributed by atoms with E-state index in [4.69, 9.17) is 14.3 Å². The van der Waals surface area contributed by atoms with E-state index in [2.05, 4.69) is 46.5 Å². The number of aryl methyl sites for hydroxylation is 1. The average Bonchev–Trinajstić information content (AvgIpc) is 3.25. The van der Waals surface area contributed by atoms with Crippen molar-refractivity contribution in [3.63, 3.8) is 0 Å². The molecule has 1 heterocycles. The van der Waals surface area contributed by atoms with E-state index in [0.717, 1.165) is 30.1 Å². The Kier molecular flexibility index (Phi) is 35.9. The molecule has 0 atom stereocenters. The van der Waals surface area contributed by atoms with Gasteiger partial charge in [-0.1, -0.05) is 86.5 Å². The molecule has 0 spiro atoms. The number of carbonyl (C=O) groups is 2. The molecule has 0 aliphatic carbocycles. The highest BCUT2D eigenvalue weighted by molar-refractivity contribution is 7.09. The van der Waals surface area contributed by atoms with Gasteiger partial charge < -0.3 is 14.3 Å². The molecule has 0 unspecified atom stereocenters. The number of thiazole rings is 1. The van der Waals surface area contributed by atoms with Crippen molar-refractivity contribution >= 4 is 23.6 Å². The largest absolute Gasteiger partial charge is 0.461 e. The Morgan fingerprint density at radius 2 is 1.37 bits per heavy atom. The smallest absolute Gasteiger partial charge is 0.357 e. The van der Waals surface area contributed by atoms with Crippen molar-refractivity contribution in [2.75, 3.05) is 13.7 Å². The van der Waals surface area contributed by atoms with Gasteiger partial charge in [0.2, 0.25) is 0 Å². The Hall–Kier alpha value is -1.27. The molecule has 0 aliphatic heterocycles. The fourth-order valence-corrected chi connectivity index (χ4v) is 3.47. The molecule has 0 aliphatic rings. The molecule has 0 saturated carbocycles. The lowest BCUT2D eigenvalue weighted by atomic mass is 9.94. The zero-order chi connectivity index (χ0) is 28.1. The molecule has 1 aromatic rings. The van der Waals surface area contributed by atoms with Crippen LogP contribution in [0.25, 0.3) is 0 Å². The summed E-state index contributed by atoms with van der Waals surface area (Å²) in [5.41, 5.74) is 0.482. The quantitative estimate of drug-likeness (QED) is 0.228. The topological polar surface area (TPSA) is 65.5 Å². The van der Waals surface area contributed by atoms with E-state index in [-0.39, 0.29) is 11.6 Å². The summed E-state index contributed by atoms with van der Waals surface area (Å²) in [6.07, 6.45) is 12.4. The van der Waals surface area contributed by atoms with Crippen LogP contribution >= 0.6 is 11.3 Å². The van der Waals surface area contributed by atoms with Crippen molar-refractivity contribution in [3.05, 3.63) is 16.1 Å². The van der Waals surface area contributed by atoms with Crippen LogP contribution in [-0.4, -0.2) is 36.6 Å². The minimum Gasteiger partial charge on any atom is -0.461 e. The van der Waals surface area contributed by atoms with E-state index in [1.165, 1.54) is 63.2 Å². The highest BCUT2D eigenvalue weighted by Crippen LogP contribution is 2.18. The summed E-state index contributed by atoms with van der Waals surface area (Å²) in [7, 11) is 1.71. The molecule has 0 fully saturated rings. The van der Waals surface area contributed by atoms with Crippen LogP contribution in [0.1, 0.15) is 143 Å². The summed E-state index contributed by atoms with van der Waals surface area (Å²) in [5.74, 6) is 0.709. The molecule has 0 radical (unpaired) electrons. The third-order valence-electron chi connectivity index (χ3n) is 4.20. The van der Waals surface area contributed by atoms with Crippen LogP contribution in [0.15, 0.2) is 5.38 Å². The monoisotopic (exact) mass is 517 g/mol. The maximum Gasteiger partial charge on any atom is 0.357 e. The molecule has 0 aromatic carbocycles. The molecule has 0 bridgehead atoms.